The van der Waals surface area contributed by atoms with E-state index in [1.807, 2.05) is 52.1 Å². The number of hydrogen-bond donors (Lipinski definition) is 2. The van der Waals surface area contributed by atoms with E-state index in [0.29, 0.717) is 24.5 Å². The van der Waals surface area contributed by atoms with Crippen LogP contribution in [0, 0.1) is 5.41 Å². The van der Waals surface area contributed by atoms with Crippen molar-refractivity contribution in [2.24, 2.45) is 5.41 Å². The third-order valence-electron chi connectivity index (χ3n) is 5.50. The predicted octanol–water partition coefficient (Wildman–Crippen LogP) is 4.31. The van der Waals surface area contributed by atoms with Gasteiger partial charge in [-0.15, -0.1) is 11.3 Å². The summed E-state index contributed by atoms with van der Waals surface area (Å²) in [6.45, 7) is 8.15. The maximum absolute atomic E-state index is 12.9. The number of hydrogen-bond acceptors (Lipinski definition) is 8. The monoisotopic (exact) mass is 512 g/mol. The standard InChI is InChI=1S/C25H32N6O4S/c1-5-6-9-19(21(32)22(33)29-23-27-12-14-36-23)28-24(34)35-20(25(2,3)4)16-31-13-10-18(30-31)17-8-7-11-26-15-17/h7-8,10-15,19-20H,5-6,9,16H2,1-4H3,(H,28,34)(H,27,29,33)/t19-,20?/m0/s1. The molecule has 1 unspecified atom stereocenters. The topological polar surface area (TPSA) is 128 Å². The second-order valence-corrected chi connectivity index (χ2v) is 10.3. The number of pyridine rings is 1. The van der Waals surface area contributed by atoms with Crippen LogP contribution in [0.1, 0.15) is 47.0 Å². The Morgan fingerprint density at radius 1 is 1.19 bits per heavy atom. The number of ketones is 1. The largest absolute Gasteiger partial charge is 0.444 e. The molecule has 0 spiro atoms. The third kappa shape index (κ3) is 7.70. The van der Waals surface area contributed by atoms with Crippen LogP contribution in [0.5, 0.6) is 0 Å². The Balaban J connectivity index is 1.66. The molecule has 0 radical (unpaired) electrons. The van der Waals surface area contributed by atoms with Crippen LogP contribution in [0.3, 0.4) is 0 Å². The molecule has 0 bridgehead atoms. The second kappa shape index (κ2) is 12.4. The van der Waals surface area contributed by atoms with E-state index in [9.17, 15) is 14.4 Å². The summed E-state index contributed by atoms with van der Waals surface area (Å²) in [4.78, 5) is 46.2. The number of thiazole rings is 1. The second-order valence-electron chi connectivity index (χ2n) is 9.42. The van der Waals surface area contributed by atoms with Crippen LogP contribution in [0.4, 0.5) is 9.93 Å². The minimum absolute atomic E-state index is 0.315. The fourth-order valence-corrected chi connectivity index (χ4v) is 3.90. The summed E-state index contributed by atoms with van der Waals surface area (Å²) in [5, 5.41) is 11.7. The molecule has 0 aliphatic carbocycles. The molecule has 36 heavy (non-hydrogen) atoms. The Kier molecular flexibility index (Phi) is 9.29. The zero-order chi connectivity index (χ0) is 26.1. The van der Waals surface area contributed by atoms with Gasteiger partial charge < -0.3 is 10.1 Å². The fraction of sp³-hybridized carbons (Fsp3) is 0.440. The van der Waals surface area contributed by atoms with Crippen LogP contribution in [0.25, 0.3) is 11.3 Å². The van der Waals surface area contributed by atoms with Gasteiger partial charge in [0.15, 0.2) is 5.13 Å². The van der Waals surface area contributed by atoms with Crippen LogP contribution in [-0.2, 0) is 20.9 Å². The van der Waals surface area contributed by atoms with Gasteiger partial charge >= 0.3 is 6.09 Å². The number of Topliss-reactive ketones (excluding diaryl/α,β-unsaturated/α-hetero) is 1. The number of carbonyl (C=O) groups is 3. The third-order valence-corrected chi connectivity index (χ3v) is 6.19. The Bertz CT molecular complexity index is 1140. The maximum atomic E-state index is 12.9. The maximum Gasteiger partial charge on any atom is 0.408 e. The number of amides is 2. The predicted molar refractivity (Wildman–Crippen MR) is 137 cm³/mol. The normalized spacial score (nSPS) is 13.0. The summed E-state index contributed by atoms with van der Waals surface area (Å²) in [6.07, 6.45) is 7.26. The van der Waals surface area contributed by atoms with Gasteiger partial charge in [-0.3, -0.25) is 24.6 Å². The molecule has 2 amide bonds. The van der Waals surface area contributed by atoms with Crippen LogP contribution in [0.15, 0.2) is 48.4 Å². The van der Waals surface area contributed by atoms with E-state index < -0.39 is 35.3 Å². The Labute approximate surface area is 214 Å². The number of rotatable bonds is 11. The van der Waals surface area contributed by atoms with Gasteiger partial charge in [-0.2, -0.15) is 5.10 Å². The van der Waals surface area contributed by atoms with Crippen molar-refractivity contribution in [2.45, 2.75) is 65.6 Å². The molecule has 0 aliphatic rings. The van der Waals surface area contributed by atoms with E-state index in [1.54, 1.807) is 22.5 Å². The molecular formula is C25H32N6O4S. The molecule has 3 aromatic rings. The van der Waals surface area contributed by atoms with Crippen molar-refractivity contribution in [1.82, 2.24) is 25.1 Å². The number of nitrogens with one attached hydrogen (secondary N) is 2. The Morgan fingerprint density at radius 2 is 2.00 bits per heavy atom. The highest BCUT2D eigenvalue weighted by Crippen LogP contribution is 2.25. The van der Waals surface area contributed by atoms with Gasteiger partial charge in [0, 0.05) is 41.1 Å². The van der Waals surface area contributed by atoms with Gasteiger partial charge in [-0.05, 0) is 24.6 Å². The van der Waals surface area contributed by atoms with Crippen molar-refractivity contribution >= 4 is 34.3 Å². The molecule has 0 fully saturated rings. The number of ether oxygens (including phenoxy) is 1. The number of nitrogens with zero attached hydrogens (tertiary/aromatic N) is 4. The number of unbranched alkanes of at least 4 members (excludes halogenated alkanes) is 1. The van der Waals surface area contributed by atoms with E-state index in [-0.39, 0.29) is 0 Å². The zero-order valence-electron chi connectivity index (χ0n) is 20.9. The first-order valence-electron chi connectivity index (χ1n) is 11.8. The van der Waals surface area contributed by atoms with E-state index in [0.717, 1.165) is 17.7 Å². The van der Waals surface area contributed by atoms with Gasteiger partial charge in [0.2, 0.25) is 5.78 Å². The van der Waals surface area contributed by atoms with Crippen molar-refractivity contribution in [3.8, 4) is 11.3 Å². The Morgan fingerprint density at radius 3 is 2.64 bits per heavy atom. The quantitative estimate of drug-likeness (QED) is 0.366. The highest BCUT2D eigenvalue weighted by atomic mass is 32.1. The van der Waals surface area contributed by atoms with Gasteiger partial charge in [-0.1, -0.05) is 40.5 Å². The first kappa shape index (κ1) is 27.0. The van der Waals surface area contributed by atoms with Crippen LogP contribution < -0.4 is 10.6 Å². The highest BCUT2D eigenvalue weighted by molar-refractivity contribution is 7.13. The first-order chi connectivity index (χ1) is 17.2. The summed E-state index contributed by atoms with van der Waals surface area (Å²) in [5.41, 5.74) is 1.23. The minimum atomic E-state index is -1.00. The van der Waals surface area contributed by atoms with Gasteiger partial charge in [-0.25, -0.2) is 9.78 Å². The average molecular weight is 513 g/mol. The van der Waals surface area contributed by atoms with Crippen LogP contribution >= 0.6 is 11.3 Å². The molecule has 2 N–H and O–H groups in total. The molecule has 0 saturated heterocycles. The number of aromatic nitrogens is 4. The van der Waals surface area contributed by atoms with E-state index in [4.69, 9.17) is 4.74 Å². The summed E-state index contributed by atoms with van der Waals surface area (Å²) in [5.74, 6) is -1.56. The first-order valence-corrected chi connectivity index (χ1v) is 12.7. The highest BCUT2D eigenvalue weighted by Gasteiger charge is 2.32. The van der Waals surface area contributed by atoms with Gasteiger partial charge in [0.05, 0.1) is 12.2 Å². The summed E-state index contributed by atoms with van der Waals surface area (Å²) in [7, 11) is 0. The molecular weight excluding hydrogens is 480 g/mol. The van der Waals surface area contributed by atoms with Crippen molar-refractivity contribution in [3.63, 3.8) is 0 Å². The summed E-state index contributed by atoms with van der Waals surface area (Å²) >= 11 is 1.21. The van der Waals surface area contributed by atoms with E-state index in [1.165, 1.54) is 17.5 Å². The van der Waals surface area contributed by atoms with Crippen LogP contribution in [-0.4, -0.2) is 49.7 Å². The zero-order valence-corrected chi connectivity index (χ0v) is 21.7. The summed E-state index contributed by atoms with van der Waals surface area (Å²) < 4.78 is 7.48. The Hall–Kier alpha value is -3.60. The summed E-state index contributed by atoms with van der Waals surface area (Å²) in [6, 6.07) is 4.63. The number of carbonyl (C=O) groups excluding carboxylic acids is 3. The molecule has 0 saturated carbocycles. The average Bonchev–Trinajstić information content (AvgIpc) is 3.53. The SMILES string of the molecule is CCCC[C@H](NC(=O)OC(Cn1ccc(-c2cccnc2)n1)C(C)(C)C)C(=O)C(=O)Nc1nccs1. The lowest BCUT2D eigenvalue weighted by molar-refractivity contribution is -0.136. The molecule has 2 atom stereocenters. The molecule has 192 valence electrons. The molecule has 3 aromatic heterocycles. The van der Waals surface area contributed by atoms with Crippen LogP contribution in [0.2, 0.25) is 0 Å². The lowest BCUT2D eigenvalue weighted by Gasteiger charge is -2.30. The lowest BCUT2D eigenvalue weighted by Crippen LogP contribution is -2.48. The molecule has 0 aromatic carbocycles. The van der Waals surface area contributed by atoms with Gasteiger partial charge in [0.1, 0.15) is 12.1 Å². The number of alkyl carbamates (subject to hydrolysis) is 1. The van der Waals surface area contributed by atoms with Crippen molar-refractivity contribution in [2.75, 3.05) is 5.32 Å². The molecule has 11 heteroatoms. The smallest absolute Gasteiger partial charge is 0.408 e. The number of anilines is 1. The van der Waals surface area contributed by atoms with Crippen molar-refractivity contribution in [3.05, 3.63) is 48.4 Å². The van der Waals surface area contributed by atoms with Crippen molar-refractivity contribution < 1.29 is 19.1 Å². The minimum Gasteiger partial charge on any atom is -0.444 e. The molecule has 10 nitrogen and oxygen atoms in total. The molecule has 3 rings (SSSR count). The van der Waals surface area contributed by atoms with Gasteiger partial charge in [0.25, 0.3) is 5.91 Å². The lowest BCUT2D eigenvalue weighted by atomic mass is 9.89. The fourth-order valence-electron chi connectivity index (χ4n) is 3.37. The van der Waals surface area contributed by atoms with E-state index >= 15 is 0 Å². The van der Waals surface area contributed by atoms with Crippen molar-refractivity contribution in [1.29, 1.82) is 0 Å². The van der Waals surface area contributed by atoms with E-state index in [2.05, 4.69) is 25.7 Å². The molecule has 0 aliphatic heterocycles. The molecule has 3 heterocycles.